The van der Waals surface area contributed by atoms with Crippen LogP contribution in [0.2, 0.25) is 0 Å². The van der Waals surface area contributed by atoms with E-state index < -0.39 is 10.0 Å². The van der Waals surface area contributed by atoms with Crippen molar-refractivity contribution in [3.63, 3.8) is 0 Å². The third kappa shape index (κ3) is 3.43. The third-order valence-corrected chi connectivity index (χ3v) is 6.74. The number of benzene rings is 1. The Labute approximate surface area is 138 Å². The standard InChI is InChI=1S/C17H24N2O3S/c1-13-8-9-15(23(21,22)19-10-4-5-11-19)12-16(13)17(20)18-14-6-2-3-7-14/h8-9,12,14H,2-7,10-11H2,1H3,(H,18,20). The van der Waals surface area contributed by atoms with E-state index >= 15 is 0 Å². The second-order valence-corrected chi connectivity index (χ2v) is 8.48. The summed E-state index contributed by atoms with van der Waals surface area (Å²) < 4.78 is 26.8. The molecule has 126 valence electrons. The minimum Gasteiger partial charge on any atom is -0.349 e. The fraction of sp³-hybridized carbons (Fsp3) is 0.588. The number of nitrogens with one attached hydrogen (secondary N) is 1. The maximum atomic E-state index is 12.7. The van der Waals surface area contributed by atoms with Crippen LogP contribution in [0.4, 0.5) is 0 Å². The molecule has 1 N–H and O–H groups in total. The van der Waals surface area contributed by atoms with E-state index in [-0.39, 0.29) is 16.8 Å². The quantitative estimate of drug-likeness (QED) is 0.918. The van der Waals surface area contributed by atoms with E-state index in [9.17, 15) is 13.2 Å². The van der Waals surface area contributed by atoms with Crippen LogP contribution in [0.1, 0.15) is 54.4 Å². The van der Waals surface area contributed by atoms with E-state index in [2.05, 4.69) is 5.32 Å². The summed E-state index contributed by atoms with van der Waals surface area (Å²) in [5.74, 6) is -0.159. The van der Waals surface area contributed by atoms with Crippen LogP contribution in [-0.2, 0) is 10.0 Å². The average Bonchev–Trinajstić information content (AvgIpc) is 3.20. The largest absolute Gasteiger partial charge is 0.349 e. The molecule has 1 aliphatic heterocycles. The highest BCUT2D eigenvalue weighted by molar-refractivity contribution is 7.89. The second kappa shape index (κ2) is 6.61. The predicted octanol–water partition coefficient (Wildman–Crippen LogP) is 2.45. The summed E-state index contributed by atoms with van der Waals surface area (Å²) in [6.45, 7) is 2.98. The Kier molecular flexibility index (Phi) is 4.73. The van der Waals surface area contributed by atoms with Crippen LogP contribution in [0.3, 0.4) is 0 Å². The molecule has 1 aromatic rings. The topological polar surface area (TPSA) is 66.5 Å². The number of nitrogens with zero attached hydrogens (tertiary/aromatic N) is 1. The van der Waals surface area contributed by atoms with Crippen molar-refractivity contribution in [3.8, 4) is 0 Å². The Bertz CT molecular complexity index is 688. The summed E-state index contributed by atoms with van der Waals surface area (Å²) in [4.78, 5) is 12.7. The molecule has 0 atom stereocenters. The van der Waals surface area contributed by atoms with E-state index in [1.807, 2.05) is 6.92 Å². The molecule has 1 heterocycles. The van der Waals surface area contributed by atoms with Gasteiger partial charge in [0.15, 0.2) is 0 Å². The summed E-state index contributed by atoms with van der Waals surface area (Å²) in [6, 6.07) is 5.09. The zero-order valence-corrected chi connectivity index (χ0v) is 14.4. The first-order chi connectivity index (χ1) is 11.0. The molecule has 0 spiro atoms. The molecule has 0 radical (unpaired) electrons. The van der Waals surface area contributed by atoms with Crippen LogP contribution in [-0.4, -0.2) is 37.8 Å². The molecule has 2 aliphatic rings. The fourth-order valence-electron chi connectivity index (χ4n) is 3.42. The molecule has 1 saturated carbocycles. The Morgan fingerprint density at radius 3 is 2.43 bits per heavy atom. The SMILES string of the molecule is Cc1ccc(S(=O)(=O)N2CCCC2)cc1C(=O)NC1CCCC1. The normalized spacial score (nSPS) is 20.0. The van der Waals surface area contributed by atoms with Gasteiger partial charge in [0.2, 0.25) is 10.0 Å². The van der Waals surface area contributed by atoms with Gasteiger partial charge in [-0.05, 0) is 50.3 Å². The number of sulfonamides is 1. The highest BCUT2D eigenvalue weighted by Gasteiger charge is 2.28. The number of hydrogen-bond acceptors (Lipinski definition) is 3. The van der Waals surface area contributed by atoms with E-state index in [0.29, 0.717) is 18.7 Å². The van der Waals surface area contributed by atoms with Crippen molar-refractivity contribution in [1.82, 2.24) is 9.62 Å². The van der Waals surface area contributed by atoms with Crippen molar-refractivity contribution >= 4 is 15.9 Å². The minimum absolute atomic E-state index is 0.159. The van der Waals surface area contributed by atoms with Crippen molar-refractivity contribution in [1.29, 1.82) is 0 Å². The Morgan fingerprint density at radius 2 is 1.78 bits per heavy atom. The number of amides is 1. The molecule has 0 bridgehead atoms. The summed E-state index contributed by atoms with van der Waals surface area (Å²) in [5.41, 5.74) is 1.28. The molecule has 0 unspecified atom stereocenters. The lowest BCUT2D eigenvalue weighted by molar-refractivity contribution is 0.0937. The van der Waals surface area contributed by atoms with Crippen LogP contribution in [0.5, 0.6) is 0 Å². The maximum absolute atomic E-state index is 12.7. The van der Waals surface area contributed by atoms with Crippen molar-refractivity contribution in [2.75, 3.05) is 13.1 Å². The number of carbonyl (C=O) groups is 1. The highest BCUT2D eigenvalue weighted by Crippen LogP contribution is 2.24. The van der Waals surface area contributed by atoms with Gasteiger partial charge in [-0.2, -0.15) is 4.31 Å². The molecular weight excluding hydrogens is 312 g/mol. The molecule has 5 nitrogen and oxygen atoms in total. The number of carbonyl (C=O) groups excluding carboxylic acids is 1. The first-order valence-corrected chi connectivity index (χ1v) is 9.84. The summed E-state index contributed by atoms with van der Waals surface area (Å²) in [7, 11) is -3.49. The molecule has 6 heteroatoms. The molecule has 0 aromatic heterocycles. The molecular formula is C17H24N2O3S. The van der Waals surface area contributed by atoms with Crippen molar-refractivity contribution < 1.29 is 13.2 Å². The lowest BCUT2D eigenvalue weighted by Gasteiger charge is -2.17. The molecule has 1 aromatic carbocycles. The Hall–Kier alpha value is -1.40. The van der Waals surface area contributed by atoms with E-state index in [1.165, 1.54) is 10.4 Å². The molecule has 1 saturated heterocycles. The Balaban J connectivity index is 1.85. The van der Waals surface area contributed by atoms with Crippen LogP contribution >= 0.6 is 0 Å². The minimum atomic E-state index is -3.49. The molecule has 1 amide bonds. The monoisotopic (exact) mass is 336 g/mol. The lowest BCUT2D eigenvalue weighted by atomic mass is 10.1. The zero-order chi connectivity index (χ0) is 16.4. The number of aryl methyl sites for hydroxylation is 1. The predicted molar refractivity (Wildman–Crippen MR) is 88.9 cm³/mol. The fourth-order valence-corrected chi connectivity index (χ4v) is 4.96. The van der Waals surface area contributed by atoms with Crippen LogP contribution in [0.25, 0.3) is 0 Å². The molecule has 1 aliphatic carbocycles. The van der Waals surface area contributed by atoms with Crippen molar-refractivity contribution in [2.45, 2.75) is 56.4 Å². The number of hydrogen-bond donors (Lipinski definition) is 1. The summed E-state index contributed by atoms with van der Waals surface area (Å²) in [5, 5.41) is 3.04. The maximum Gasteiger partial charge on any atom is 0.251 e. The first kappa shape index (κ1) is 16.5. The van der Waals surface area contributed by atoms with Crippen molar-refractivity contribution in [3.05, 3.63) is 29.3 Å². The summed E-state index contributed by atoms with van der Waals surface area (Å²) >= 11 is 0. The molecule has 23 heavy (non-hydrogen) atoms. The van der Waals surface area contributed by atoms with Gasteiger partial charge in [0, 0.05) is 24.7 Å². The highest BCUT2D eigenvalue weighted by atomic mass is 32.2. The van der Waals surface area contributed by atoms with Gasteiger partial charge in [-0.25, -0.2) is 8.42 Å². The van der Waals surface area contributed by atoms with Gasteiger partial charge in [-0.3, -0.25) is 4.79 Å². The van der Waals surface area contributed by atoms with Gasteiger partial charge in [0.25, 0.3) is 5.91 Å². The van der Waals surface area contributed by atoms with Gasteiger partial charge in [0.1, 0.15) is 0 Å². The molecule has 3 rings (SSSR count). The van der Waals surface area contributed by atoms with Gasteiger partial charge in [-0.1, -0.05) is 18.9 Å². The third-order valence-electron chi connectivity index (χ3n) is 4.85. The summed E-state index contributed by atoms with van der Waals surface area (Å²) in [6.07, 6.45) is 6.12. The second-order valence-electron chi connectivity index (χ2n) is 6.54. The van der Waals surface area contributed by atoms with E-state index in [0.717, 1.165) is 44.1 Å². The zero-order valence-electron chi connectivity index (χ0n) is 13.5. The van der Waals surface area contributed by atoms with E-state index in [4.69, 9.17) is 0 Å². The van der Waals surface area contributed by atoms with Crippen LogP contribution in [0.15, 0.2) is 23.1 Å². The van der Waals surface area contributed by atoms with Crippen LogP contribution < -0.4 is 5.32 Å². The van der Waals surface area contributed by atoms with E-state index in [1.54, 1.807) is 12.1 Å². The van der Waals surface area contributed by atoms with Gasteiger partial charge in [0.05, 0.1) is 4.90 Å². The average molecular weight is 336 g/mol. The van der Waals surface area contributed by atoms with Crippen molar-refractivity contribution in [2.24, 2.45) is 0 Å². The van der Waals surface area contributed by atoms with Gasteiger partial charge < -0.3 is 5.32 Å². The van der Waals surface area contributed by atoms with Gasteiger partial charge >= 0.3 is 0 Å². The smallest absolute Gasteiger partial charge is 0.251 e. The Morgan fingerprint density at radius 1 is 1.13 bits per heavy atom. The first-order valence-electron chi connectivity index (χ1n) is 8.40. The number of rotatable bonds is 4. The van der Waals surface area contributed by atoms with Gasteiger partial charge in [-0.15, -0.1) is 0 Å². The molecule has 2 fully saturated rings. The van der Waals surface area contributed by atoms with Crippen LogP contribution in [0, 0.1) is 6.92 Å². The lowest BCUT2D eigenvalue weighted by Crippen LogP contribution is -2.33.